The first-order valence-corrected chi connectivity index (χ1v) is 11.3. The highest BCUT2D eigenvalue weighted by Crippen LogP contribution is 2.33. The van der Waals surface area contributed by atoms with Gasteiger partial charge in [0.15, 0.2) is 5.75 Å². The summed E-state index contributed by atoms with van der Waals surface area (Å²) in [5, 5.41) is 3.19. The lowest BCUT2D eigenvalue weighted by molar-refractivity contribution is -0.114. The normalized spacial score (nSPS) is 11.0. The predicted octanol–water partition coefficient (Wildman–Crippen LogP) is 4.85. The molecule has 3 aromatic rings. The first-order chi connectivity index (χ1) is 14.2. The zero-order valence-electron chi connectivity index (χ0n) is 16.5. The van der Waals surface area contributed by atoms with Crippen LogP contribution in [-0.4, -0.2) is 27.1 Å². The van der Waals surface area contributed by atoms with Crippen molar-refractivity contribution >= 4 is 38.9 Å². The van der Waals surface area contributed by atoms with Crippen LogP contribution < -0.4 is 14.4 Å². The van der Waals surface area contributed by atoms with Gasteiger partial charge in [0, 0.05) is 10.7 Å². The lowest BCUT2D eigenvalue weighted by Gasteiger charge is -2.24. The molecule has 0 aromatic heterocycles. The third-order valence-electron chi connectivity index (χ3n) is 4.25. The fourth-order valence-corrected chi connectivity index (χ4v) is 3.79. The van der Waals surface area contributed by atoms with Crippen LogP contribution in [0.1, 0.15) is 5.56 Å². The molecule has 0 fully saturated rings. The molecule has 3 aromatic carbocycles. The molecule has 1 amide bonds. The van der Waals surface area contributed by atoms with Gasteiger partial charge in [-0.1, -0.05) is 48.0 Å². The maximum atomic E-state index is 12.6. The quantitative estimate of drug-likeness (QED) is 0.565. The van der Waals surface area contributed by atoms with E-state index in [0.29, 0.717) is 22.2 Å². The van der Waals surface area contributed by atoms with Gasteiger partial charge in [-0.2, -0.15) is 0 Å². The van der Waals surface area contributed by atoms with E-state index in [-0.39, 0.29) is 5.69 Å². The van der Waals surface area contributed by atoms with Crippen molar-refractivity contribution in [2.24, 2.45) is 0 Å². The molecule has 0 unspecified atom stereocenters. The summed E-state index contributed by atoms with van der Waals surface area (Å²) in [5.74, 6) is 0.368. The molecule has 156 valence electrons. The summed E-state index contributed by atoms with van der Waals surface area (Å²) in [5.41, 5.74) is 1.62. The molecular weight excluding hydrogens is 424 g/mol. The Morgan fingerprint density at radius 2 is 1.70 bits per heavy atom. The SMILES string of the molecule is Cc1ccc(NC(=O)CN(c2ccccc2Oc2ccccc2)S(C)(=O)=O)cc1Cl. The molecule has 1 N–H and O–H groups in total. The Balaban J connectivity index is 1.86. The fourth-order valence-electron chi connectivity index (χ4n) is 2.75. The molecule has 0 aliphatic heterocycles. The Labute approximate surface area is 181 Å². The van der Waals surface area contributed by atoms with Crippen molar-refractivity contribution in [3.05, 3.63) is 83.4 Å². The topological polar surface area (TPSA) is 75.7 Å². The van der Waals surface area contributed by atoms with E-state index in [1.54, 1.807) is 54.6 Å². The van der Waals surface area contributed by atoms with Gasteiger partial charge in [0.2, 0.25) is 15.9 Å². The second-order valence-corrected chi connectivity index (χ2v) is 8.98. The summed E-state index contributed by atoms with van der Waals surface area (Å²) in [6, 6.07) is 20.7. The lowest BCUT2D eigenvalue weighted by atomic mass is 10.2. The number of hydrogen-bond donors (Lipinski definition) is 1. The number of benzene rings is 3. The Bertz CT molecular complexity index is 1150. The minimum atomic E-state index is -3.77. The molecule has 0 atom stereocenters. The number of anilines is 2. The van der Waals surface area contributed by atoms with Crippen LogP contribution in [0.5, 0.6) is 11.5 Å². The van der Waals surface area contributed by atoms with Gasteiger partial charge in [0.05, 0.1) is 11.9 Å². The zero-order chi connectivity index (χ0) is 21.7. The van der Waals surface area contributed by atoms with Crippen molar-refractivity contribution in [1.82, 2.24) is 0 Å². The van der Waals surface area contributed by atoms with Crippen molar-refractivity contribution in [3.63, 3.8) is 0 Å². The van der Waals surface area contributed by atoms with Crippen LogP contribution in [0.25, 0.3) is 0 Å². The Morgan fingerprint density at radius 1 is 1.03 bits per heavy atom. The van der Waals surface area contributed by atoms with Crippen LogP contribution in [0.3, 0.4) is 0 Å². The minimum absolute atomic E-state index is 0.265. The van der Waals surface area contributed by atoms with Crippen LogP contribution in [-0.2, 0) is 14.8 Å². The molecule has 0 spiro atoms. The smallest absolute Gasteiger partial charge is 0.245 e. The molecular formula is C22H21ClN2O4S. The molecule has 6 nitrogen and oxygen atoms in total. The highest BCUT2D eigenvalue weighted by atomic mass is 35.5. The van der Waals surface area contributed by atoms with Crippen LogP contribution in [0.15, 0.2) is 72.8 Å². The molecule has 0 saturated carbocycles. The number of carbonyl (C=O) groups is 1. The molecule has 0 saturated heterocycles. The summed E-state index contributed by atoms with van der Waals surface area (Å²) in [4.78, 5) is 12.6. The number of hydrogen-bond acceptors (Lipinski definition) is 4. The number of nitrogens with zero attached hydrogens (tertiary/aromatic N) is 1. The van der Waals surface area contributed by atoms with Crippen molar-refractivity contribution in [2.75, 3.05) is 22.4 Å². The van der Waals surface area contributed by atoms with E-state index in [0.717, 1.165) is 16.1 Å². The largest absolute Gasteiger partial charge is 0.455 e. The third kappa shape index (κ3) is 5.52. The molecule has 8 heteroatoms. The lowest BCUT2D eigenvalue weighted by Crippen LogP contribution is -2.37. The van der Waals surface area contributed by atoms with Crippen LogP contribution >= 0.6 is 11.6 Å². The van der Waals surface area contributed by atoms with Gasteiger partial charge in [-0.3, -0.25) is 9.10 Å². The third-order valence-corrected chi connectivity index (χ3v) is 5.78. The van der Waals surface area contributed by atoms with E-state index < -0.39 is 22.5 Å². The Morgan fingerprint density at radius 3 is 2.37 bits per heavy atom. The van der Waals surface area contributed by atoms with E-state index in [4.69, 9.17) is 16.3 Å². The molecule has 3 rings (SSSR count). The number of aryl methyl sites for hydroxylation is 1. The van der Waals surface area contributed by atoms with Gasteiger partial charge >= 0.3 is 0 Å². The molecule has 30 heavy (non-hydrogen) atoms. The summed E-state index contributed by atoms with van der Waals surface area (Å²) < 4.78 is 31.9. The van der Waals surface area contributed by atoms with Crippen molar-refractivity contribution in [3.8, 4) is 11.5 Å². The zero-order valence-corrected chi connectivity index (χ0v) is 18.1. The molecule has 0 heterocycles. The summed E-state index contributed by atoms with van der Waals surface area (Å²) in [7, 11) is -3.77. The highest BCUT2D eigenvalue weighted by Gasteiger charge is 2.24. The van der Waals surface area contributed by atoms with Crippen LogP contribution in [0.4, 0.5) is 11.4 Å². The maximum absolute atomic E-state index is 12.6. The van der Waals surface area contributed by atoms with Crippen LogP contribution in [0.2, 0.25) is 5.02 Å². The number of ether oxygens (including phenoxy) is 1. The van der Waals surface area contributed by atoms with Gasteiger partial charge in [0.25, 0.3) is 0 Å². The molecule has 0 radical (unpaired) electrons. The van der Waals surface area contributed by atoms with E-state index >= 15 is 0 Å². The van der Waals surface area contributed by atoms with Gasteiger partial charge < -0.3 is 10.1 Å². The molecule has 0 bridgehead atoms. The second-order valence-electron chi connectivity index (χ2n) is 6.66. The number of amides is 1. The summed E-state index contributed by atoms with van der Waals surface area (Å²) >= 11 is 6.10. The number of para-hydroxylation sites is 3. The standard InChI is InChI=1S/C22H21ClN2O4S/c1-16-12-13-17(14-19(16)23)24-22(26)15-25(30(2,27)28)20-10-6-7-11-21(20)29-18-8-4-3-5-9-18/h3-14H,15H2,1-2H3,(H,24,26). The van der Waals surface area contributed by atoms with Crippen LogP contribution in [0, 0.1) is 6.92 Å². The number of sulfonamides is 1. The number of nitrogens with one attached hydrogen (secondary N) is 1. The van der Waals surface area contributed by atoms with Gasteiger partial charge in [-0.15, -0.1) is 0 Å². The monoisotopic (exact) mass is 444 g/mol. The Kier molecular flexibility index (Phi) is 6.64. The first-order valence-electron chi connectivity index (χ1n) is 9.09. The average molecular weight is 445 g/mol. The predicted molar refractivity (Wildman–Crippen MR) is 120 cm³/mol. The van der Waals surface area contributed by atoms with E-state index in [1.807, 2.05) is 25.1 Å². The Hall–Kier alpha value is -3.03. The average Bonchev–Trinajstić information content (AvgIpc) is 2.70. The minimum Gasteiger partial charge on any atom is -0.455 e. The number of rotatable bonds is 7. The summed E-state index contributed by atoms with van der Waals surface area (Å²) in [6.45, 7) is 1.43. The van der Waals surface area contributed by atoms with E-state index in [1.165, 1.54) is 0 Å². The van der Waals surface area contributed by atoms with Crippen molar-refractivity contribution in [1.29, 1.82) is 0 Å². The fraction of sp³-hybridized carbons (Fsp3) is 0.136. The van der Waals surface area contributed by atoms with Gasteiger partial charge in [-0.05, 0) is 48.9 Å². The van der Waals surface area contributed by atoms with Crippen molar-refractivity contribution in [2.45, 2.75) is 6.92 Å². The maximum Gasteiger partial charge on any atom is 0.245 e. The second kappa shape index (κ2) is 9.19. The van der Waals surface area contributed by atoms with E-state index in [9.17, 15) is 13.2 Å². The van der Waals surface area contributed by atoms with Gasteiger partial charge in [0.1, 0.15) is 12.3 Å². The molecule has 0 aliphatic rings. The number of halogens is 1. The van der Waals surface area contributed by atoms with E-state index in [2.05, 4.69) is 5.32 Å². The molecule has 0 aliphatic carbocycles. The first kappa shape index (κ1) is 21.7. The highest BCUT2D eigenvalue weighted by molar-refractivity contribution is 7.92. The van der Waals surface area contributed by atoms with Crippen molar-refractivity contribution < 1.29 is 17.9 Å². The van der Waals surface area contributed by atoms with Gasteiger partial charge in [-0.25, -0.2) is 8.42 Å². The number of carbonyl (C=O) groups excluding carboxylic acids is 1. The summed E-state index contributed by atoms with van der Waals surface area (Å²) in [6.07, 6.45) is 1.04.